The smallest absolute Gasteiger partial charge is 0.352 e. The maximum absolute atomic E-state index is 13.1. The van der Waals surface area contributed by atoms with E-state index >= 15 is 0 Å². The molecule has 2 aromatic rings. The summed E-state index contributed by atoms with van der Waals surface area (Å²) in [6.07, 6.45) is -3.62. The van der Waals surface area contributed by atoms with Crippen LogP contribution in [0, 0.1) is 5.92 Å². The summed E-state index contributed by atoms with van der Waals surface area (Å²) in [7, 11) is -3.88. The second kappa shape index (κ2) is 8.95. The Morgan fingerprint density at radius 3 is 2.50 bits per heavy atom. The fourth-order valence-corrected chi connectivity index (χ4v) is 5.46. The zero-order chi connectivity index (χ0) is 21.9. The Balaban J connectivity index is 1.69. The maximum atomic E-state index is 13.1. The molecule has 1 unspecified atom stereocenters. The van der Waals surface area contributed by atoms with E-state index in [0.717, 1.165) is 6.07 Å². The molecule has 5 nitrogen and oxygen atoms in total. The van der Waals surface area contributed by atoms with Gasteiger partial charge < -0.3 is 5.32 Å². The predicted molar refractivity (Wildman–Crippen MR) is 106 cm³/mol. The van der Waals surface area contributed by atoms with Gasteiger partial charge in [-0.2, -0.15) is 17.5 Å². The molecule has 0 aliphatic carbocycles. The molecule has 1 atom stereocenters. The molecule has 1 aliphatic heterocycles. The van der Waals surface area contributed by atoms with Crippen LogP contribution in [-0.4, -0.2) is 31.7 Å². The second-order valence-corrected chi connectivity index (χ2v) is 9.32. The lowest BCUT2D eigenvalue weighted by Gasteiger charge is -2.31. The predicted octanol–water partition coefficient (Wildman–Crippen LogP) is 4.08. The molecule has 3 rings (SSSR count). The standard InChI is InChI=1S/C20H20ClF3N2O3S/c21-17-9-3-4-10-18(17)30(28,29)26-11-5-7-15(13-26)19(27)25-12-14-6-1-2-8-16(14)20(22,23)24/h1-4,6,8-10,15H,5,7,11-13H2,(H,25,27). The lowest BCUT2D eigenvalue weighted by Crippen LogP contribution is -2.45. The van der Waals surface area contributed by atoms with E-state index in [-0.39, 0.29) is 35.1 Å². The first-order valence-corrected chi connectivity index (χ1v) is 11.1. The van der Waals surface area contributed by atoms with Gasteiger partial charge in [-0.15, -0.1) is 0 Å². The minimum Gasteiger partial charge on any atom is -0.352 e. The summed E-state index contributed by atoms with van der Waals surface area (Å²) < 4.78 is 66.3. The highest BCUT2D eigenvalue weighted by atomic mass is 35.5. The number of rotatable bonds is 5. The van der Waals surface area contributed by atoms with E-state index in [2.05, 4.69) is 5.32 Å². The summed E-state index contributed by atoms with van der Waals surface area (Å²) in [6, 6.07) is 11.1. The molecular formula is C20H20ClF3N2O3S. The van der Waals surface area contributed by atoms with Gasteiger partial charge in [-0.1, -0.05) is 41.9 Å². The van der Waals surface area contributed by atoms with Crippen LogP contribution in [-0.2, 0) is 27.5 Å². The van der Waals surface area contributed by atoms with Crippen molar-refractivity contribution in [2.45, 2.75) is 30.5 Å². The third kappa shape index (κ3) is 4.96. The molecule has 10 heteroatoms. The van der Waals surface area contributed by atoms with Crippen molar-refractivity contribution in [3.8, 4) is 0 Å². The van der Waals surface area contributed by atoms with Gasteiger partial charge in [-0.05, 0) is 36.6 Å². The van der Waals surface area contributed by atoms with Crippen molar-refractivity contribution in [1.82, 2.24) is 9.62 Å². The minimum absolute atomic E-state index is 0.0353. The van der Waals surface area contributed by atoms with Gasteiger partial charge in [-0.25, -0.2) is 8.42 Å². The van der Waals surface area contributed by atoms with Crippen LogP contribution in [0.4, 0.5) is 13.2 Å². The first kappa shape index (κ1) is 22.6. The summed E-state index contributed by atoms with van der Waals surface area (Å²) >= 11 is 6.02. The van der Waals surface area contributed by atoms with Gasteiger partial charge in [0, 0.05) is 19.6 Å². The number of sulfonamides is 1. The molecular weight excluding hydrogens is 441 g/mol. The van der Waals surface area contributed by atoms with Gasteiger partial charge >= 0.3 is 6.18 Å². The Morgan fingerprint density at radius 1 is 1.13 bits per heavy atom. The molecule has 2 aromatic carbocycles. The molecule has 30 heavy (non-hydrogen) atoms. The van der Waals surface area contributed by atoms with Crippen molar-refractivity contribution in [3.05, 3.63) is 64.7 Å². The molecule has 0 spiro atoms. The third-order valence-electron chi connectivity index (χ3n) is 4.99. The molecule has 0 saturated carbocycles. The van der Waals surface area contributed by atoms with Crippen LogP contribution in [0.15, 0.2) is 53.4 Å². The zero-order valence-corrected chi connectivity index (χ0v) is 17.4. The average molecular weight is 461 g/mol. The van der Waals surface area contributed by atoms with Gasteiger partial charge in [0.05, 0.1) is 16.5 Å². The Morgan fingerprint density at radius 2 is 1.80 bits per heavy atom. The van der Waals surface area contributed by atoms with E-state index in [4.69, 9.17) is 11.6 Å². The Bertz CT molecular complexity index is 1030. The van der Waals surface area contributed by atoms with Crippen molar-refractivity contribution in [1.29, 1.82) is 0 Å². The number of nitrogens with one attached hydrogen (secondary N) is 1. The molecule has 1 fully saturated rings. The number of carbonyl (C=O) groups is 1. The van der Waals surface area contributed by atoms with Crippen molar-refractivity contribution in [2.75, 3.05) is 13.1 Å². The SMILES string of the molecule is O=C(NCc1ccccc1C(F)(F)F)C1CCCN(S(=O)(=O)c2ccccc2Cl)C1. The minimum atomic E-state index is -4.52. The molecule has 1 N–H and O–H groups in total. The Hall–Kier alpha value is -2.10. The molecule has 0 bridgehead atoms. The number of amides is 1. The van der Waals surface area contributed by atoms with Crippen molar-refractivity contribution >= 4 is 27.5 Å². The summed E-state index contributed by atoms with van der Waals surface area (Å²) in [6.45, 7) is -0.100. The number of hydrogen-bond donors (Lipinski definition) is 1. The summed E-state index contributed by atoms with van der Waals surface area (Å²) in [5.74, 6) is -1.14. The monoisotopic (exact) mass is 460 g/mol. The van der Waals surface area contributed by atoms with Crippen LogP contribution in [0.2, 0.25) is 5.02 Å². The fourth-order valence-electron chi connectivity index (χ4n) is 3.45. The molecule has 162 valence electrons. The van der Waals surface area contributed by atoms with Crippen molar-refractivity contribution < 1.29 is 26.4 Å². The quantitative estimate of drug-likeness (QED) is 0.731. The normalized spacial score (nSPS) is 18.2. The van der Waals surface area contributed by atoms with Gasteiger partial charge in [-0.3, -0.25) is 4.79 Å². The molecule has 1 aliphatic rings. The number of nitrogens with zero attached hydrogens (tertiary/aromatic N) is 1. The van der Waals surface area contributed by atoms with E-state index in [1.807, 2.05) is 0 Å². The first-order chi connectivity index (χ1) is 14.1. The number of hydrogen-bond acceptors (Lipinski definition) is 3. The topological polar surface area (TPSA) is 66.5 Å². The molecule has 0 aromatic heterocycles. The Labute approximate surface area is 177 Å². The van der Waals surface area contributed by atoms with Crippen LogP contribution in [0.3, 0.4) is 0 Å². The fraction of sp³-hybridized carbons (Fsp3) is 0.350. The van der Waals surface area contributed by atoms with Gasteiger partial charge in [0.1, 0.15) is 4.90 Å². The molecule has 1 amide bonds. The van der Waals surface area contributed by atoms with Gasteiger partial charge in [0.25, 0.3) is 0 Å². The highest BCUT2D eigenvalue weighted by molar-refractivity contribution is 7.89. The highest BCUT2D eigenvalue weighted by Crippen LogP contribution is 2.32. The van der Waals surface area contributed by atoms with Crippen LogP contribution >= 0.6 is 11.6 Å². The van der Waals surface area contributed by atoms with Crippen LogP contribution in [0.1, 0.15) is 24.0 Å². The average Bonchev–Trinajstić information content (AvgIpc) is 2.72. The molecule has 1 saturated heterocycles. The lowest BCUT2D eigenvalue weighted by atomic mass is 9.98. The largest absolute Gasteiger partial charge is 0.416 e. The highest BCUT2D eigenvalue weighted by Gasteiger charge is 2.35. The number of benzene rings is 2. The maximum Gasteiger partial charge on any atom is 0.416 e. The molecule has 0 radical (unpaired) electrons. The number of carbonyl (C=O) groups excluding carboxylic acids is 1. The number of halogens is 4. The van der Waals surface area contributed by atoms with Crippen LogP contribution in [0.25, 0.3) is 0 Å². The summed E-state index contributed by atoms with van der Waals surface area (Å²) in [4.78, 5) is 12.5. The second-order valence-electron chi connectivity index (χ2n) is 7.01. The van der Waals surface area contributed by atoms with Gasteiger partial charge in [0.15, 0.2) is 0 Å². The van der Waals surface area contributed by atoms with Crippen LogP contribution < -0.4 is 5.32 Å². The first-order valence-electron chi connectivity index (χ1n) is 9.28. The van der Waals surface area contributed by atoms with E-state index in [1.54, 1.807) is 12.1 Å². The van der Waals surface area contributed by atoms with E-state index < -0.39 is 33.6 Å². The van der Waals surface area contributed by atoms with E-state index in [0.29, 0.717) is 12.8 Å². The number of alkyl halides is 3. The lowest BCUT2D eigenvalue weighted by molar-refractivity contribution is -0.138. The zero-order valence-electron chi connectivity index (χ0n) is 15.8. The van der Waals surface area contributed by atoms with Gasteiger partial charge in [0.2, 0.25) is 15.9 Å². The third-order valence-corrected chi connectivity index (χ3v) is 7.35. The summed E-state index contributed by atoms with van der Waals surface area (Å²) in [5, 5.41) is 2.61. The van der Waals surface area contributed by atoms with E-state index in [9.17, 15) is 26.4 Å². The Kier molecular flexibility index (Phi) is 6.74. The number of piperidine rings is 1. The molecule has 1 heterocycles. The van der Waals surface area contributed by atoms with Crippen molar-refractivity contribution in [2.24, 2.45) is 5.92 Å². The van der Waals surface area contributed by atoms with Crippen molar-refractivity contribution in [3.63, 3.8) is 0 Å². The van der Waals surface area contributed by atoms with E-state index in [1.165, 1.54) is 34.6 Å². The van der Waals surface area contributed by atoms with Crippen LogP contribution in [0.5, 0.6) is 0 Å². The summed E-state index contributed by atoms with van der Waals surface area (Å²) in [5.41, 5.74) is -0.855.